The van der Waals surface area contributed by atoms with Gasteiger partial charge in [0.2, 0.25) is 0 Å². The van der Waals surface area contributed by atoms with E-state index >= 15 is 0 Å². The Bertz CT molecular complexity index is 257. The molecule has 1 fully saturated rings. The SMILES string of the molecule is CCC(C)(C)C(=O)OC1CC(C(C)(C)O)C1. The van der Waals surface area contributed by atoms with Crippen LogP contribution in [-0.4, -0.2) is 22.8 Å². The normalized spacial score (nSPS) is 26.1. The summed E-state index contributed by atoms with van der Waals surface area (Å²) in [4.78, 5) is 11.8. The van der Waals surface area contributed by atoms with Crippen LogP contribution in [0.1, 0.15) is 53.9 Å². The molecular weight excluding hydrogens is 204 g/mol. The fraction of sp³-hybridized carbons (Fsp3) is 0.923. The van der Waals surface area contributed by atoms with Crippen LogP contribution in [0.2, 0.25) is 0 Å². The fourth-order valence-corrected chi connectivity index (χ4v) is 1.69. The summed E-state index contributed by atoms with van der Waals surface area (Å²) in [5, 5.41) is 9.75. The van der Waals surface area contributed by atoms with Crippen molar-refractivity contribution in [3.05, 3.63) is 0 Å². The Balaban J connectivity index is 2.36. The molecule has 0 heterocycles. The maximum atomic E-state index is 11.8. The number of esters is 1. The molecule has 1 saturated carbocycles. The van der Waals surface area contributed by atoms with Crippen molar-refractivity contribution in [2.75, 3.05) is 0 Å². The van der Waals surface area contributed by atoms with Gasteiger partial charge in [0, 0.05) is 0 Å². The van der Waals surface area contributed by atoms with Crippen LogP contribution in [-0.2, 0) is 9.53 Å². The number of carbonyl (C=O) groups is 1. The van der Waals surface area contributed by atoms with Gasteiger partial charge in [0.15, 0.2) is 0 Å². The Hall–Kier alpha value is -0.570. The number of rotatable bonds is 4. The topological polar surface area (TPSA) is 46.5 Å². The Kier molecular flexibility index (Phi) is 3.68. The second-order valence-corrected chi connectivity index (χ2v) is 6.09. The lowest BCUT2D eigenvalue weighted by Crippen LogP contribution is -2.46. The van der Waals surface area contributed by atoms with Crippen molar-refractivity contribution >= 4 is 5.97 Å². The summed E-state index contributed by atoms with van der Waals surface area (Å²) in [5.74, 6) is 0.143. The minimum absolute atomic E-state index is 0.00903. The molecule has 1 aliphatic carbocycles. The minimum Gasteiger partial charge on any atom is -0.462 e. The maximum absolute atomic E-state index is 11.8. The standard InChI is InChI=1S/C13H24O3/c1-6-12(2,3)11(14)16-10-7-9(8-10)13(4,5)15/h9-10,15H,6-8H2,1-5H3. The van der Waals surface area contributed by atoms with E-state index in [0.29, 0.717) is 0 Å². The molecule has 0 amide bonds. The summed E-state index contributed by atoms with van der Waals surface area (Å²) < 4.78 is 5.42. The molecule has 1 aliphatic rings. The minimum atomic E-state index is -0.650. The van der Waals surface area contributed by atoms with E-state index in [1.165, 1.54) is 0 Å². The molecule has 94 valence electrons. The summed E-state index contributed by atoms with van der Waals surface area (Å²) in [5.41, 5.74) is -1.04. The van der Waals surface area contributed by atoms with Gasteiger partial charge in [0.05, 0.1) is 11.0 Å². The van der Waals surface area contributed by atoms with Crippen LogP contribution in [0.25, 0.3) is 0 Å². The van der Waals surface area contributed by atoms with Crippen molar-refractivity contribution in [3.8, 4) is 0 Å². The molecule has 1 rings (SSSR count). The first-order chi connectivity index (χ1) is 7.16. The van der Waals surface area contributed by atoms with E-state index in [1.54, 1.807) is 0 Å². The van der Waals surface area contributed by atoms with Gasteiger partial charge in [0.25, 0.3) is 0 Å². The van der Waals surface area contributed by atoms with Crippen LogP contribution in [0.5, 0.6) is 0 Å². The largest absolute Gasteiger partial charge is 0.462 e. The lowest BCUT2D eigenvalue weighted by atomic mass is 9.72. The molecule has 0 aromatic heterocycles. The number of hydrogen-bond acceptors (Lipinski definition) is 3. The van der Waals surface area contributed by atoms with E-state index in [0.717, 1.165) is 19.3 Å². The first kappa shape index (κ1) is 13.5. The second-order valence-electron chi connectivity index (χ2n) is 6.09. The molecule has 0 bridgehead atoms. The van der Waals surface area contributed by atoms with E-state index in [9.17, 15) is 9.90 Å². The zero-order valence-electron chi connectivity index (χ0n) is 11.0. The Labute approximate surface area is 98.2 Å². The number of hydrogen-bond donors (Lipinski definition) is 1. The number of carbonyl (C=O) groups excluding carboxylic acids is 1. The zero-order valence-corrected chi connectivity index (χ0v) is 11.0. The Morgan fingerprint density at radius 2 is 1.81 bits per heavy atom. The molecule has 0 aliphatic heterocycles. The van der Waals surface area contributed by atoms with Crippen LogP contribution < -0.4 is 0 Å². The van der Waals surface area contributed by atoms with Crippen LogP contribution in [0, 0.1) is 11.3 Å². The van der Waals surface area contributed by atoms with Gasteiger partial charge >= 0.3 is 5.97 Å². The summed E-state index contributed by atoms with van der Waals surface area (Å²) in [6, 6.07) is 0. The summed E-state index contributed by atoms with van der Waals surface area (Å²) >= 11 is 0. The lowest BCUT2D eigenvalue weighted by Gasteiger charge is -2.42. The smallest absolute Gasteiger partial charge is 0.311 e. The van der Waals surface area contributed by atoms with Crippen molar-refractivity contribution in [1.82, 2.24) is 0 Å². The molecule has 0 aromatic rings. The highest BCUT2D eigenvalue weighted by Crippen LogP contribution is 2.39. The van der Waals surface area contributed by atoms with Crippen molar-refractivity contribution in [2.45, 2.75) is 65.6 Å². The molecule has 0 aromatic carbocycles. The predicted octanol–water partition coefficient (Wildman–Crippen LogP) is 2.52. The van der Waals surface area contributed by atoms with Crippen molar-refractivity contribution in [1.29, 1.82) is 0 Å². The third kappa shape index (κ3) is 2.97. The molecule has 3 heteroatoms. The lowest BCUT2D eigenvalue weighted by molar-refractivity contribution is -0.172. The first-order valence-corrected chi connectivity index (χ1v) is 6.10. The zero-order chi connectivity index (χ0) is 12.6. The van der Waals surface area contributed by atoms with Gasteiger partial charge < -0.3 is 9.84 Å². The fourth-order valence-electron chi connectivity index (χ4n) is 1.69. The van der Waals surface area contributed by atoms with Crippen LogP contribution in [0.3, 0.4) is 0 Å². The van der Waals surface area contributed by atoms with Gasteiger partial charge in [-0.05, 0) is 52.9 Å². The molecule has 16 heavy (non-hydrogen) atoms. The van der Waals surface area contributed by atoms with E-state index in [2.05, 4.69) is 0 Å². The van der Waals surface area contributed by atoms with Gasteiger partial charge in [-0.25, -0.2) is 0 Å². The predicted molar refractivity (Wildman–Crippen MR) is 63.0 cm³/mol. The highest BCUT2D eigenvalue weighted by molar-refractivity contribution is 5.76. The maximum Gasteiger partial charge on any atom is 0.311 e. The average Bonchev–Trinajstić information content (AvgIpc) is 2.07. The molecular formula is C13H24O3. The molecule has 0 spiro atoms. The van der Waals surface area contributed by atoms with E-state index in [4.69, 9.17) is 4.74 Å². The van der Waals surface area contributed by atoms with Gasteiger partial charge in [-0.3, -0.25) is 4.79 Å². The Morgan fingerprint density at radius 3 is 2.19 bits per heavy atom. The van der Waals surface area contributed by atoms with Gasteiger partial charge in [-0.1, -0.05) is 6.92 Å². The highest BCUT2D eigenvalue weighted by Gasteiger charge is 2.42. The molecule has 0 saturated heterocycles. The first-order valence-electron chi connectivity index (χ1n) is 6.10. The van der Waals surface area contributed by atoms with E-state index in [-0.39, 0.29) is 23.4 Å². The summed E-state index contributed by atoms with van der Waals surface area (Å²) in [7, 11) is 0. The van der Waals surface area contributed by atoms with E-state index in [1.807, 2.05) is 34.6 Å². The van der Waals surface area contributed by atoms with Crippen molar-refractivity contribution in [2.24, 2.45) is 11.3 Å². The van der Waals surface area contributed by atoms with Crippen LogP contribution in [0.15, 0.2) is 0 Å². The number of ether oxygens (including phenoxy) is 1. The molecule has 0 radical (unpaired) electrons. The van der Waals surface area contributed by atoms with Crippen molar-refractivity contribution in [3.63, 3.8) is 0 Å². The van der Waals surface area contributed by atoms with Crippen LogP contribution in [0.4, 0.5) is 0 Å². The average molecular weight is 228 g/mol. The second kappa shape index (κ2) is 4.36. The third-order valence-corrected chi connectivity index (χ3v) is 3.80. The quantitative estimate of drug-likeness (QED) is 0.752. The molecule has 0 atom stereocenters. The molecule has 3 nitrogen and oxygen atoms in total. The number of aliphatic hydroxyl groups is 1. The van der Waals surface area contributed by atoms with Gasteiger partial charge in [0.1, 0.15) is 6.10 Å². The molecule has 0 unspecified atom stereocenters. The highest BCUT2D eigenvalue weighted by atomic mass is 16.5. The Morgan fingerprint density at radius 1 is 1.31 bits per heavy atom. The summed E-state index contributed by atoms with van der Waals surface area (Å²) in [6.07, 6.45) is 2.37. The molecule has 1 N–H and O–H groups in total. The van der Waals surface area contributed by atoms with E-state index < -0.39 is 5.60 Å². The van der Waals surface area contributed by atoms with Crippen LogP contribution >= 0.6 is 0 Å². The van der Waals surface area contributed by atoms with Gasteiger partial charge in [-0.15, -0.1) is 0 Å². The van der Waals surface area contributed by atoms with Crippen molar-refractivity contribution < 1.29 is 14.6 Å². The monoisotopic (exact) mass is 228 g/mol. The van der Waals surface area contributed by atoms with Gasteiger partial charge in [-0.2, -0.15) is 0 Å². The summed E-state index contributed by atoms with van der Waals surface area (Å²) in [6.45, 7) is 9.42. The third-order valence-electron chi connectivity index (χ3n) is 3.80.